The molecule has 0 radical (unpaired) electrons. The Kier molecular flexibility index (Phi) is 5.66. The van der Waals surface area contributed by atoms with E-state index in [1.807, 2.05) is 48.5 Å². The number of anilines is 2. The molecule has 1 saturated heterocycles. The van der Waals surface area contributed by atoms with Crippen molar-refractivity contribution in [2.45, 2.75) is 19.8 Å². The Hall–Kier alpha value is -2.40. The first-order valence-electron chi connectivity index (χ1n) is 8.61. The van der Waals surface area contributed by atoms with Crippen molar-refractivity contribution in [3.8, 4) is 0 Å². The van der Waals surface area contributed by atoms with Gasteiger partial charge in [-0.1, -0.05) is 36.4 Å². The minimum absolute atomic E-state index is 0.0396. The van der Waals surface area contributed by atoms with E-state index in [9.17, 15) is 4.79 Å². The molecule has 0 atom stereocenters. The number of carbonyl (C=O) groups excluding carboxylic acids is 1. The molecule has 4 nitrogen and oxygen atoms in total. The van der Waals surface area contributed by atoms with E-state index in [0.29, 0.717) is 0 Å². The highest BCUT2D eigenvalue weighted by molar-refractivity contribution is 7.80. The second-order valence-electron chi connectivity index (χ2n) is 6.36. The number of rotatable bonds is 3. The minimum Gasteiger partial charge on any atom is -0.349 e. The Morgan fingerprint density at radius 2 is 1.64 bits per heavy atom. The third-order valence-corrected chi connectivity index (χ3v) is 4.94. The molecule has 0 aromatic heterocycles. The Balaban J connectivity index is 1.50. The number of carbonyl (C=O) groups is 1. The number of para-hydroxylation sites is 2. The molecule has 130 valence electrons. The van der Waals surface area contributed by atoms with Gasteiger partial charge in [0, 0.05) is 30.4 Å². The van der Waals surface area contributed by atoms with Crippen LogP contribution in [0.1, 0.15) is 18.4 Å². The summed E-state index contributed by atoms with van der Waals surface area (Å²) in [6, 6.07) is 17.7. The minimum atomic E-state index is 0.0396. The normalized spacial score (nSPS) is 14.8. The zero-order valence-electron chi connectivity index (χ0n) is 14.4. The molecular weight excluding hydrogens is 330 g/mol. The van der Waals surface area contributed by atoms with E-state index in [2.05, 4.69) is 28.5 Å². The number of hydrogen-bond acceptors (Lipinski definition) is 2. The quantitative estimate of drug-likeness (QED) is 0.818. The van der Waals surface area contributed by atoms with Gasteiger partial charge in [0.15, 0.2) is 5.11 Å². The Morgan fingerprint density at radius 3 is 2.32 bits per heavy atom. The Labute approximate surface area is 154 Å². The largest absolute Gasteiger partial charge is 0.349 e. The van der Waals surface area contributed by atoms with E-state index in [4.69, 9.17) is 12.2 Å². The van der Waals surface area contributed by atoms with Gasteiger partial charge < -0.3 is 15.5 Å². The van der Waals surface area contributed by atoms with E-state index >= 15 is 0 Å². The fourth-order valence-corrected chi connectivity index (χ4v) is 3.31. The molecule has 0 spiro atoms. The lowest BCUT2D eigenvalue weighted by Gasteiger charge is -2.33. The molecule has 3 rings (SSSR count). The van der Waals surface area contributed by atoms with Gasteiger partial charge in [0.25, 0.3) is 0 Å². The molecule has 0 bridgehead atoms. The average Bonchev–Trinajstić information content (AvgIpc) is 2.64. The lowest BCUT2D eigenvalue weighted by Crippen LogP contribution is -2.43. The fraction of sp³-hybridized carbons (Fsp3) is 0.300. The van der Waals surface area contributed by atoms with Gasteiger partial charge in [0.2, 0.25) is 5.91 Å². The molecule has 0 saturated carbocycles. The maximum Gasteiger partial charge on any atom is 0.227 e. The maximum atomic E-state index is 12.4. The number of thiocarbonyl (C=S) groups is 1. The summed E-state index contributed by atoms with van der Waals surface area (Å²) in [7, 11) is 0. The predicted molar refractivity (Wildman–Crippen MR) is 107 cm³/mol. The van der Waals surface area contributed by atoms with Crippen LogP contribution in [0.3, 0.4) is 0 Å². The average molecular weight is 353 g/mol. The molecule has 2 N–H and O–H groups in total. The monoisotopic (exact) mass is 353 g/mol. The lowest BCUT2D eigenvalue weighted by molar-refractivity contribution is -0.120. The zero-order valence-corrected chi connectivity index (χ0v) is 15.2. The number of nitrogens with zero attached hydrogens (tertiary/aromatic N) is 1. The Morgan fingerprint density at radius 1 is 1.00 bits per heavy atom. The number of amides is 1. The number of aryl methyl sites for hydroxylation is 1. The van der Waals surface area contributed by atoms with Crippen molar-refractivity contribution >= 4 is 34.6 Å². The van der Waals surface area contributed by atoms with E-state index < -0.39 is 0 Å². The molecule has 1 amide bonds. The SMILES string of the molecule is Cc1ccccc1NC(=S)N1CCC(C(=O)Nc2ccccc2)CC1. The van der Waals surface area contributed by atoms with Crippen LogP contribution < -0.4 is 10.6 Å². The van der Waals surface area contributed by atoms with E-state index in [-0.39, 0.29) is 11.8 Å². The second kappa shape index (κ2) is 8.12. The molecule has 1 heterocycles. The summed E-state index contributed by atoms with van der Waals surface area (Å²) in [4.78, 5) is 14.5. The molecule has 1 aliphatic heterocycles. The van der Waals surface area contributed by atoms with Gasteiger partial charge >= 0.3 is 0 Å². The first-order valence-corrected chi connectivity index (χ1v) is 9.02. The molecule has 5 heteroatoms. The van der Waals surface area contributed by atoms with Gasteiger partial charge in [-0.2, -0.15) is 0 Å². The van der Waals surface area contributed by atoms with Crippen molar-refractivity contribution in [2.24, 2.45) is 5.92 Å². The van der Waals surface area contributed by atoms with Crippen LogP contribution in [0, 0.1) is 12.8 Å². The third kappa shape index (κ3) is 4.57. The standard InChI is InChI=1S/C20H23N3OS/c1-15-7-5-6-10-18(15)22-20(25)23-13-11-16(12-14-23)19(24)21-17-8-3-2-4-9-17/h2-10,16H,11-14H2,1H3,(H,21,24)(H,22,25). The van der Waals surface area contributed by atoms with Crippen LogP contribution in [0.4, 0.5) is 11.4 Å². The van der Waals surface area contributed by atoms with Crippen LogP contribution in [0.15, 0.2) is 54.6 Å². The van der Waals surface area contributed by atoms with Crippen molar-refractivity contribution in [1.29, 1.82) is 0 Å². The number of piperidine rings is 1. The highest BCUT2D eigenvalue weighted by atomic mass is 32.1. The van der Waals surface area contributed by atoms with Gasteiger partial charge in [0.05, 0.1) is 0 Å². The van der Waals surface area contributed by atoms with E-state index in [1.165, 1.54) is 5.56 Å². The summed E-state index contributed by atoms with van der Waals surface area (Å²) >= 11 is 5.54. The van der Waals surface area contributed by atoms with E-state index in [1.54, 1.807) is 0 Å². The third-order valence-electron chi connectivity index (χ3n) is 4.58. The molecule has 0 unspecified atom stereocenters. The van der Waals surface area contributed by atoms with Crippen LogP contribution in [0.25, 0.3) is 0 Å². The molecule has 2 aromatic carbocycles. The Bertz CT molecular complexity index is 740. The summed E-state index contributed by atoms with van der Waals surface area (Å²) in [6.07, 6.45) is 1.63. The van der Waals surface area contributed by atoms with Crippen LogP contribution in [-0.4, -0.2) is 29.0 Å². The first-order chi connectivity index (χ1) is 12.1. The number of nitrogens with one attached hydrogen (secondary N) is 2. The highest BCUT2D eigenvalue weighted by Crippen LogP contribution is 2.21. The highest BCUT2D eigenvalue weighted by Gasteiger charge is 2.26. The summed E-state index contributed by atoms with van der Waals surface area (Å²) in [5, 5.41) is 7.05. The summed E-state index contributed by atoms with van der Waals surface area (Å²) in [5.41, 5.74) is 3.06. The molecule has 2 aromatic rings. The molecule has 1 fully saturated rings. The number of likely N-dealkylation sites (tertiary alicyclic amines) is 1. The smallest absolute Gasteiger partial charge is 0.227 e. The van der Waals surface area contributed by atoms with Crippen molar-refractivity contribution in [1.82, 2.24) is 4.90 Å². The summed E-state index contributed by atoms with van der Waals surface area (Å²) in [5.74, 6) is 0.140. The molecular formula is C20H23N3OS. The van der Waals surface area contributed by atoms with Crippen LogP contribution in [0.2, 0.25) is 0 Å². The zero-order chi connectivity index (χ0) is 17.6. The van der Waals surface area contributed by atoms with Gasteiger partial charge in [0.1, 0.15) is 0 Å². The molecule has 0 aliphatic carbocycles. The fourth-order valence-electron chi connectivity index (χ4n) is 3.02. The summed E-state index contributed by atoms with van der Waals surface area (Å²) in [6.45, 7) is 3.65. The second-order valence-corrected chi connectivity index (χ2v) is 6.75. The number of hydrogen-bond donors (Lipinski definition) is 2. The van der Waals surface area contributed by atoms with Crippen molar-refractivity contribution < 1.29 is 4.79 Å². The van der Waals surface area contributed by atoms with Crippen LogP contribution in [-0.2, 0) is 4.79 Å². The van der Waals surface area contributed by atoms with Gasteiger partial charge in [-0.05, 0) is 55.7 Å². The number of benzene rings is 2. The molecule has 1 aliphatic rings. The van der Waals surface area contributed by atoms with Crippen molar-refractivity contribution in [3.63, 3.8) is 0 Å². The van der Waals surface area contributed by atoms with Gasteiger partial charge in [-0.15, -0.1) is 0 Å². The van der Waals surface area contributed by atoms with Crippen molar-refractivity contribution in [2.75, 3.05) is 23.7 Å². The summed E-state index contributed by atoms with van der Waals surface area (Å²) < 4.78 is 0. The van der Waals surface area contributed by atoms with Crippen molar-refractivity contribution in [3.05, 3.63) is 60.2 Å². The maximum absolute atomic E-state index is 12.4. The first kappa shape index (κ1) is 17.4. The van der Waals surface area contributed by atoms with Crippen LogP contribution >= 0.6 is 12.2 Å². The molecule has 25 heavy (non-hydrogen) atoms. The topological polar surface area (TPSA) is 44.4 Å². The van der Waals surface area contributed by atoms with E-state index in [0.717, 1.165) is 42.4 Å². The van der Waals surface area contributed by atoms with Gasteiger partial charge in [-0.3, -0.25) is 4.79 Å². The lowest BCUT2D eigenvalue weighted by atomic mass is 9.96. The van der Waals surface area contributed by atoms with Crippen LogP contribution in [0.5, 0.6) is 0 Å². The predicted octanol–water partition coefficient (Wildman–Crippen LogP) is 4.04. The van der Waals surface area contributed by atoms with Gasteiger partial charge in [-0.25, -0.2) is 0 Å².